The number of halogens is 1. The molecule has 0 unspecified atom stereocenters. The van der Waals surface area contributed by atoms with Crippen LogP contribution in [0.1, 0.15) is 0 Å². The highest BCUT2D eigenvalue weighted by atomic mass is 35.5. The SMILES string of the molecule is COc1cccc(Nc2nc(Cl)nc(-n3cncn3)n2)c1. The molecule has 0 fully saturated rings. The molecule has 1 aromatic carbocycles. The Morgan fingerprint density at radius 1 is 1.24 bits per heavy atom. The van der Waals surface area contributed by atoms with Gasteiger partial charge in [-0.15, -0.1) is 0 Å². The zero-order valence-corrected chi connectivity index (χ0v) is 11.7. The van der Waals surface area contributed by atoms with Crippen molar-refractivity contribution in [1.82, 2.24) is 29.7 Å². The first-order valence-electron chi connectivity index (χ1n) is 5.92. The number of nitrogens with one attached hydrogen (secondary N) is 1. The van der Waals surface area contributed by atoms with E-state index in [0.717, 1.165) is 11.4 Å². The Morgan fingerprint density at radius 2 is 2.14 bits per heavy atom. The molecule has 0 saturated heterocycles. The quantitative estimate of drug-likeness (QED) is 0.786. The third-order valence-corrected chi connectivity index (χ3v) is 2.71. The normalized spacial score (nSPS) is 10.4. The first kappa shape index (κ1) is 13.3. The number of methoxy groups -OCH3 is 1. The van der Waals surface area contributed by atoms with E-state index < -0.39 is 0 Å². The lowest BCUT2D eigenvalue weighted by Crippen LogP contribution is -2.07. The molecule has 21 heavy (non-hydrogen) atoms. The summed E-state index contributed by atoms with van der Waals surface area (Å²) in [5, 5.41) is 7.04. The first-order valence-corrected chi connectivity index (χ1v) is 6.30. The molecule has 0 bridgehead atoms. The van der Waals surface area contributed by atoms with Crippen molar-refractivity contribution in [2.45, 2.75) is 0 Å². The highest BCUT2D eigenvalue weighted by molar-refractivity contribution is 6.28. The molecule has 0 amide bonds. The van der Waals surface area contributed by atoms with Crippen molar-refractivity contribution in [1.29, 1.82) is 0 Å². The second-order valence-electron chi connectivity index (χ2n) is 3.93. The maximum atomic E-state index is 5.90. The highest BCUT2D eigenvalue weighted by Gasteiger charge is 2.08. The third-order valence-electron chi connectivity index (χ3n) is 2.55. The predicted octanol–water partition coefficient (Wildman–Crippen LogP) is 1.86. The Labute approximate surface area is 124 Å². The van der Waals surface area contributed by atoms with E-state index in [1.807, 2.05) is 24.3 Å². The summed E-state index contributed by atoms with van der Waals surface area (Å²) in [5.41, 5.74) is 0.765. The van der Waals surface area contributed by atoms with E-state index in [1.165, 1.54) is 17.3 Å². The summed E-state index contributed by atoms with van der Waals surface area (Å²) in [6.45, 7) is 0. The summed E-state index contributed by atoms with van der Waals surface area (Å²) < 4.78 is 6.55. The second-order valence-corrected chi connectivity index (χ2v) is 4.26. The van der Waals surface area contributed by atoms with Gasteiger partial charge in [0.1, 0.15) is 18.4 Å². The van der Waals surface area contributed by atoms with Crippen molar-refractivity contribution in [2.24, 2.45) is 0 Å². The smallest absolute Gasteiger partial charge is 0.258 e. The van der Waals surface area contributed by atoms with Gasteiger partial charge in [-0.25, -0.2) is 4.98 Å². The fraction of sp³-hybridized carbons (Fsp3) is 0.0833. The van der Waals surface area contributed by atoms with Crippen LogP contribution in [0.25, 0.3) is 5.95 Å². The monoisotopic (exact) mass is 303 g/mol. The highest BCUT2D eigenvalue weighted by Crippen LogP contribution is 2.20. The van der Waals surface area contributed by atoms with Crippen LogP contribution in [0.15, 0.2) is 36.9 Å². The van der Waals surface area contributed by atoms with Gasteiger partial charge >= 0.3 is 0 Å². The lowest BCUT2D eigenvalue weighted by molar-refractivity contribution is 0.415. The molecule has 0 aliphatic carbocycles. The van der Waals surface area contributed by atoms with Gasteiger partial charge in [0.05, 0.1) is 7.11 Å². The van der Waals surface area contributed by atoms with Gasteiger partial charge < -0.3 is 10.1 Å². The molecule has 3 rings (SSSR count). The number of rotatable bonds is 4. The minimum absolute atomic E-state index is 0.0564. The van der Waals surface area contributed by atoms with Crippen LogP contribution in [-0.4, -0.2) is 36.8 Å². The van der Waals surface area contributed by atoms with Gasteiger partial charge in [0.2, 0.25) is 11.2 Å². The molecule has 8 nitrogen and oxygen atoms in total. The topological polar surface area (TPSA) is 90.6 Å². The van der Waals surface area contributed by atoms with Crippen molar-refractivity contribution in [2.75, 3.05) is 12.4 Å². The van der Waals surface area contributed by atoms with Gasteiger partial charge in [0.15, 0.2) is 0 Å². The third kappa shape index (κ3) is 3.06. The fourth-order valence-corrected chi connectivity index (χ4v) is 1.80. The van der Waals surface area contributed by atoms with Crippen LogP contribution >= 0.6 is 11.6 Å². The van der Waals surface area contributed by atoms with Crippen molar-refractivity contribution < 1.29 is 4.74 Å². The second kappa shape index (κ2) is 5.71. The van der Waals surface area contributed by atoms with Gasteiger partial charge in [0.25, 0.3) is 5.95 Å². The average Bonchev–Trinajstić information content (AvgIpc) is 3.01. The van der Waals surface area contributed by atoms with Gasteiger partial charge in [-0.05, 0) is 23.7 Å². The van der Waals surface area contributed by atoms with Gasteiger partial charge in [-0.2, -0.15) is 24.7 Å². The lowest BCUT2D eigenvalue weighted by Gasteiger charge is -2.07. The predicted molar refractivity (Wildman–Crippen MR) is 76.0 cm³/mol. The zero-order chi connectivity index (χ0) is 14.7. The van der Waals surface area contributed by atoms with E-state index in [1.54, 1.807) is 7.11 Å². The molecular formula is C12H10ClN7O. The molecule has 2 heterocycles. The van der Waals surface area contributed by atoms with E-state index in [9.17, 15) is 0 Å². The first-order chi connectivity index (χ1) is 10.2. The fourth-order valence-electron chi connectivity index (χ4n) is 1.64. The molecule has 0 atom stereocenters. The van der Waals surface area contributed by atoms with Gasteiger partial charge in [-0.1, -0.05) is 6.07 Å². The van der Waals surface area contributed by atoms with Crippen molar-refractivity contribution in [3.63, 3.8) is 0 Å². The Kier molecular flexibility index (Phi) is 3.61. The Bertz CT molecular complexity index is 747. The summed E-state index contributed by atoms with van der Waals surface area (Å²) in [6, 6.07) is 7.36. The summed E-state index contributed by atoms with van der Waals surface area (Å²) in [5.74, 6) is 1.29. The molecule has 0 spiro atoms. The van der Waals surface area contributed by atoms with E-state index in [0.29, 0.717) is 5.95 Å². The van der Waals surface area contributed by atoms with E-state index in [4.69, 9.17) is 16.3 Å². The molecule has 106 valence electrons. The average molecular weight is 304 g/mol. The standard InChI is InChI=1S/C12H10ClN7O/c1-21-9-4-2-3-8(5-9)16-11-17-10(13)18-12(19-11)20-7-14-6-15-20/h2-7H,1H3,(H,16,17,18,19). The molecule has 3 aromatic rings. The van der Waals surface area contributed by atoms with Crippen LogP contribution in [0, 0.1) is 0 Å². The maximum Gasteiger partial charge on any atom is 0.258 e. The molecule has 0 aliphatic rings. The van der Waals surface area contributed by atoms with Crippen LogP contribution in [0.2, 0.25) is 5.28 Å². The van der Waals surface area contributed by atoms with Crippen molar-refractivity contribution in [3.8, 4) is 11.7 Å². The number of anilines is 2. The van der Waals surface area contributed by atoms with Crippen LogP contribution in [0.4, 0.5) is 11.6 Å². The molecule has 9 heteroatoms. The number of benzene rings is 1. The number of aromatic nitrogens is 6. The molecule has 0 saturated carbocycles. The minimum Gasteiger partial charge on any atom is -0.497 e. The maximum absolute atomic E-state index is 5.90. The number of nitrogens with zero attached hydrogens (tertiary/aromatic N) is 6. The van der Waals surface area contributed by atoms with Crippen LogP contribution in [0.5, 0.6) is 5.75 Å². The molecule has 2 aromatic heterocycles. The molecule has 0 radical (unpaired) electrons. The van der Waals surface area contributed by atoms with Crippen LogP contribution in [0.3, 0.4) is 0 Å². The summed E-state index contributed by atoms with van der Waals surface area (Å²) >= 11 is 5.90. The molecule has 1 N–H and O–H groups in total. The molecular weight excluding hydrogens is 294 g/mol. The van der Waals surface area contributed by atoms with Crippen LogP contribution in [-0.2, 0) is 0 Å². The Balaban J connectivity index is 1.91. The van der Waals surface area contributed by atoms with Gasteiger partial charge in [-0.3, -0.25) is 0 Å². The van der Waals surface area contributed by atoms with Gasteiger partial charge in [0, 0.05) is 11.8 Å². The van der Waals surface area contributed by atoms with E-state index in [-0.39, 0.29) is 11.2 Å². The Morgan fingerprint density at radius 3 is 2.90 bits per heavy atom. The lowest BCUT2D eigenvalue weighted by atomic mass is 10.3. The van der Waals surface area contributed by atoms with Crippen molar-refractivity contribution in [3.05, 3.63) is 42.2 Å². The van der Waals surface area contributed by atoms with Crippen molar-refractivity contribution >= 4 is 23.2 Å². The van der Waals surface area contributed by atoms with E-state index >= 15 is 0 Å². The Hall–Kier alpha value is -2.74. The number of hydrogen-bond acceptors (Lipinski definition) is 7. The number of ether oxygens (including phenoxy) is 1. The summed E-state index contributed by atoms with van der Waals surface area (Å²) in [6.07, 6.45) is 2.86. The zero-order valence-electron chi connectivity index (χ0n) is 10.9. The summed E-state index contributed by atoms with van der Waals surface area (Å²) in [7, 11) is 1.60. The summed E-state index contributed by atoms with van der Waals surface area (Å²) in [4.78, 5) is 16.1. The number of hydrogen-bond donors (Lipinski definition) is 1. The van der Waals surface area contributed by atoms with E-state index in [2.05, 4.69) is 30.4 Å². The van der Waals surface area contributed by atoms with Crippen LogP contribution < -0.4 is 10.1 Å². The largest absolute Gasteiger partial charge is 0.497 e. The molecule has 0 aliphatic heterocycles. The minimum atomic E-state index is 0.0564.